The number of aryl methyl sites for hydroxylation is 2. The molecule has 1 saturated heterocycles. The van der Waals surface area contributed by atoms with Crippen molar-refractivity contribution in [3.63, 3.8) is 0 Å². The lowest BCUT2D eigenvalue weighted by atomic mass is 10.1. The van der Waals surface area contributed by atoms with Crippen molar-refractivity contribution in [1.29, 1.82) is 0 Å². The Balaban J connectivity index is 1.89. The molecule has 0 unspecified atom stereocenters. The Morgan fingerprint density at radius 1 is 1.22 bits per heavy atom. The van der Waals surface area contributed by atoms with E-state index in [0.29, 0.717) is 30.6 Å². The van der Waals surface area contributed by atoms with Gasteiger partial charge in [0.1, 0.15) is 0 Å². The molecule has 7 nitrogen and oxygen atoms in total. The Labute approximate surface area is 155 Å². The SMILES string of the molecule is Cc1cc(C)n(-c2noc3c(F)c(N4C[C@@H](C)O[C@@H](C)C4)c(C=O)cc23)n1. The van der Waals surface area contributed by atoms with Crippen LogP contribution in [0.2, 0.25) is 0 Å². The summed E-state index contributed by atoms with van der Waals surface area (Å²) in [6.45, 7) is 8.58. The average Bonchev–Trinajstić information content (AvgIpc) is 3.16. The van der Waals surface area contributed by atoms with Crippen LogP contribution in [0, 0.1) is 19.7 Å². The second-order valence-electron chi connectivity index (χ2n) is 7.13. The molecule has 0 aliphatic carbocycles. The molecule has 0 saturated carbocycles. The molecule has 3 aromatic rings. The van der Waals surface area contributed by atoms with Crippen LogP contribution in [0.25, 0.3) is 16.8 Å². The summed E-state index contributed by atoms with van der Waals surface area (Å²) in [5.41, 5.74) is 2.16. The van der Waals surface area contributed by atoms with Crippen molar-refractivity contribution in [3.05, 3.63) is 34.9 Å². The summed E-state index contributed by atoms with van der Waals surface area (Å²) in [5.74, 6) is -0.218. The summed E-state index contributed by atoms with van der Waals surface area (Å²) in [6.07, 6.45) is 0.535. The van der Waals surface area contributed by atoms with Crippen LogP contribution in [0.4, 0.5) is 10.1 Å². The summed E-state index contributed by atoms with van der Waals surface area (Å²) in [6, 6.07) is 3.51. The van der Waals surface area contributed by atoms with Crippen LogP contribution < -0.4 is 4.90 Å². The number of hydrogen-bond donors (Lipinski definition) is 0. The van der Waals surface area contributed by atoms with Gasteiger partial charge < -0.3 is 14.2 Å². The summed E-state index contributed by atoms with van der Waals surface area (Å²) < 4.78 is 28.0. The molecule has 8 heteroatoms. The monoisotopic (exact) mass is 372 g/mol. The highest BCUT2D eigenvalue weighted by Gasteiger charge is 2.29. The van der Waals surface area contributed by atoms with Crippen molar-refractivity contribution in [2.45, 2.75) is 39.9 Å². The third-order valence-corrected chi connectivity index (χ3v) is 4.76. The molecule has 0 amide bonds. The van der Waals surface area contributed by atoms with Gasteiger partial charge in [0.2, 0.25) is 11.4 Å². The highest BCUT2D eigenvalue weighted by molar-refractivity contribution is 5.97. The summed E-state index contributed by atoms with van der Waals surface area (Å²) in [5, 5.41) is 8.81. The second kappa shape index (κ2) is 6.45. The van der Waals surface area contributed by atoms with Crippen molar-refractivity contribution in [2.75, 3.05) is 18.0 Å². The molecular formula is C19H21FN4O3. The van der Waals surface area contributed by atoms with Gasteiger partial charge in [-0.2, -0.15) is 5.10 Å². The van der Waals surface area contributed by atoms with Crippen LogP contribution in [0.15, 0.2) is 16.7 Å². The lowest BCUT2D eigenvalue weighted by molar-refractivity contribution is -0.00543. The van der Waals surface area contributed by atoms with Gasteiger partial charge in [-0.25, -0.2) is 9.07 Å². The van der Waals surface area contributed by atoms with E-state index in [0.717, 1.165) is 11.4 Å². The van der Waals surface area contributed by atoms with E-state index in [4.69, 9.17) is 9.26 Å². The van der Waals surface area contributed by atoms with Crippen LogP contribution in [0.3, 0.4) is 0 Å². The van der Waals surface area contributed by atoms with Gasteiger partial charge >= 0.3 is 0 Å². The number of carbonyl (C=O) groups is 1. The fraction of sp³-hybridized carbons (Fsp3) is 0.421. The van der Waals surface area contributed by atoms with Gasteiger partial charge in [-0.05, 0) is 39.8 Å². The maximum Gasteiger partial charge on any atom is 0.206 e. The van der Waals surface area contributed by atoms with Gasteiger partial charge in [0.15, 0.2) is 12.1 Å². The molecule has 0 bridgehead atoms. The van der Waals surface area contributed by atoms with Crippen molar-refractivity contribution in [1.82, 2.24) is 14.9 Å². The summed E-state index contributed by atoms with van der Waals surface area (Å²) in [4.78, 5) is 13.6. The van der Waals surface area contributed by atoms with E-state index in [-0.39, 0.29) is 29.0 Å². The molecule has 3 heterocycles. The third kappa shape index (κ3) is 2.90. The molecule has 2 aromatic heterocycles. The highest BCUT2D eigenvalue weighted by Crippen LogP contribution is 2.35. The summed E-state index contributed by atoms with van der Waals surface area (Å²) >= 11 is 0. The van der Waals surface area contributed by atoms with Gasteiger partial charge in [-0.1, -0.05) is 5.16 Å². The maximum absolute atomic E-state index is 15.4. The maximum atomic E-state index is 15.4. The first-order chi connectivity index (χ1) is 12.9. The number of rotatable bonds is 3. The number of fused-ring (bicyclic) bond motifs is 1. The molecule has 27 heavy (non-hydrogen) atoms. The van der Waals surface area contributed by atoms with Gasteiger partial charge in [0.25, 0.3) is 0 Å². The summed E-state index contributed by atoms with van der Waals surface area (Å²) in [7, 11) is 0. The van der Waals surface area contributed by atoms with E-state index < -0.39 is 5.82 Å². The fourth-order valence-corrected chi connectivity index (χ4v) is 3.80. The highest BCUT2D eigenvalue weighted by atomic mass is 19.1. The Hall–Kier alpha value is -2.74. The van der Waals surface area contributed by atoms with Gasteiger partial charge in [-0.15, -0.1) is 0 Å². The predicted octanol–water partition coefficient (Wildman–Crippen LogP) is 3.20. The topological polar surface area (TPSA) is 73.4 Å². The number of benzene rings is 1. The fourth-order valence-electron chi connectivity index (χ4n) is 3.80. The molecule has 1 aliphatic heterocycles. The van der Waals surface area contributed by atoms with Crippen molar-refractivity contribution in [3.8, 4) is 5.82 Å². The smallest absolute Gasteiger partial charge is 0.206 e. The molecule has 0 radical (unpaired) electrons. The third-order valence-electron chi connectivity index (χ3n) is 4.76. The zero-order valence-electron chi connectivity index (χ0n) is 15.7. The minimum absolute atomic E-state index is 0.0185. The predicted molar refractivity (Wildman–Crippen MR) is 98.2 cm³/mol. The van der Waals surface area contributed by atoms with Crippen molar-refractivity contribution in [2.24, 2.45) is 0 Å². The second-order valence-corrected chi connectivity index (χ2v) is 7.13. The van der Waals surface area contributed by atoms with Gasteiger partial charge in [0.05, 0.1) is 29.0 Å². The molecule has 1 aromatic carbocycles. The Morgan fingerprint density at radius 3 is 2.52 bits per heavy atom. The first-order valence-electron chi connectivity index (χ1n) is 8.90. The number of carbonyl (C=O) groups excluding carboxylic acids is 1. The van der Waals surface area contributed by atoms with Crippen LogP contribution in [-0.4, -0.2) is 46.5 Å². The minimum atomic E-state index is -0.587. The zero-order chi connectivity index (χ0) is 19.3. The number of anilines is 1. The Morgan fingerprint density at radius 2 is 1.93 bits per heavy atom. The van der Waals surface area contributed by atoms with Crippen LogP contribution in [0.5, 0.6) is 0 Å². The number of hydrogen-bond acceptors (Lipinski definition) is 6. The number of halogens is 1. The molecule has 2 atom stereocenters. The normalized spacial score (nSPS) is 20.4. The van der Waals surface area contributed by atoms with E-state index in [9.17, 15) is 4.79 Å². The number of aromatic nitrogens is 3. The Kier molecular flexibility index (Phi) is 4.22. The van der Waals surface area contributed by atoms with Gasteiger partial charge in [-0.3, -0.25) is 4.79 Å². The number of ether oxygens (including phenoxy) is 1. The van der Waals surface area contributed by atoms with E-state index >= 15 is 4.39 Å². The minimum Gasteiger partial charge on any atom is -0.372 e. The van der Waals surface area contributed by atoms with Crippen molar-refractivity contribution >= 4 is 22.9 Å². The van der Waals surface area contributed by atoms with E-state index in [2.05, 4.69) is 10.3 Å². The van der Waals surface area contributed by atoms with E-state index in [1.165, 1.54) is 0 Å². The molecule has 142 valence electrons. The molecular weight excluding hydrogens is 351 g/mol. The zero-order valence-corrected chi connectivity index (χ0v) is 15.7. The molecule has 0 spiro atoms. The Bertz CT molecular complexity index is 1020. The first kappa shape index (κ1) is 17.7. The lowest BCUT2D eigenvalue weighted by Crippen LogP contribution is -2.46. The van der Waals surface area contributed by atoms with Crippen LogP contribution in [-0.2, 0) is 4.74 Å². The number of aldehydes is 1. The van der Waals surface area contributed by atoms with Crippen molar-refractivity contribution < 1.29 is 18.4 Å². The first-order valence-corrected chi connectivity index (χ1v) is 8.90. The molecule has 4 rings (SSSR count). The lowest BCUT2D eigenvalue weighted by Gasteiger charge is -2.37. The molecule has 0 N–H and O–H groups in total. The number of nitrogens with zero attached hydrogens (tertiary/aromatic N) is 4. The van der Waals surface area contributed by atoms with E-state index in [1.807, 2.05) is 38.7 Å². The number of morpholine rings is 1. The molecule has 1 fully saturated rings. The van der Waals surface area contributed by atoms with Crippen LogP contribution in [0.1, 0.15) is 35.6 Å². The molecule has 1 aliphatic rings. The average molecular weight is 372 g/mol. The quantitative estimate of drug-likeness (QED) is 0.658. The standard InChI is InChI=1S/C19H21FN4O3/c1-10-5-11(2)24(21-10)19-15-6-14(9-25)17(16(20)18(15)27-22-19)23-7-12(3)26-13(4)8-23/h5-6,9,12-13H,7-8H2,1-4H3/t12-,13+. The van der Waals surface area contributed by atoms with Crippen LogP contribution >= 0.6 is 0 Å². The van der Waals surface area contributed by atoms with E-state index in [1.54, 1.807) is 10.7 Å². The van der Waals surface area contributed by atoms with Gasteiger partial charge in [0, 0.05) is 24.3 Å². The largest absolute Gasteiger partial charge is 0.372 e.